The van der Waals surface area contributed by atoms with Crippen molar-refractivity contribution in [3.63, 3.8) is 0 Å². The molecule has 0 aromatic carbocycles. The molecule has 106 valence electrons. The molecule has 1 aromatic heterocycles. The van der Waals surface area contributed by atoms with Crippen molar-refractivity contribution in [1.29, 1.82) is 0 Å². The molecular weight excluding hydrogens is 258 g/mol. The molecule has 3 rings (SSSR count). The zero-order valence-corrected chi connectivity index (χ0v) is 11.4. The Morgan fingerprint density at radius 2 is 2.10 bits per heavy atom. The minimum Gasteiger partial charge on any atom is -0.478 e. The number of aliphatic carboxylic acids is 1. The van der Waals surface area contributed by atoms with Gasteiger partial charge in [-0.1, -0.05) is 0 Å². The third kappa shape index (κ3) is 2.22. The Labute approximate surface area is 117 Å². The number of anilines is 2. The highest BCUT2D eigenvalue weighted by atomic mass is 16.5. The summed E-state index contributed by atoms with van der Waals surface area (Å²) in [5.74, 6) is -0.111. The van der Waals surface area contributed by atoms with Crippen LogP contribution in [0.25, 0.3) is 5.57 Å². The highest BCUT2D eigenvalue weighted by Crippen LogP contribution is 2.31. The van der Waals surface area contributed by atoms with Crippen molar-refractivity contribution in [1.82, 2.24) is 4.98 Å². The Bertz CT molecular complexity index is 565. The topological polar surface area (TPSA) is 65.9 Å². The summed E-state index contributed by atoms with van der Waals surface area (Å²) in [6.07, 6.45) is 1.71. The van der Waals surface area contributed by atoms with Gasteiger partial charge in [-0.15, -0.1) is 0 Å². The number of carboxylic acids is 1. The molecule has 0 saturated carbocycles. The average molecular weight is 275 g/mol. The van der Waals surface area contributed by atoms with Gasteiger partial charge in [0.15, 0.2) is 0 Å². The number of likely N-dealkylation sites (N-methyl/N-ethyl adjacent to an activating group) is 1. The summed E-state index contributed by atoms with van der Waals surface area (Å²) in [7, 11) is 1.93. The molecule has 0 spiro atoms. The number of morpholine rings is 1. The predicted molar refractivity (Wildman–Crippen MR) is 76.2 cm³/mol. The molecule has 1 saturated heterocycles. The summed E-state index contributed by atoms with van der Waals surface area (Å²) in [5, 5.41) is 9.31. The Balaban J connectivity index is 2.00. The number of aromatic nitrogens is 1. The van der Waals surface area contributed by atoms with Crippen LogP contribution in [-0.4, -0.2) is 56.0 Å². The number of carbonyl (C=O) groups is 1. The van der Waals surface area contributed by atoms with Crippen molar-refractivity contribution in [3.05, 3.63) is 23.9 Å². The van der Waals surface area contributed by atoms with Crippen molar-refractivity contribution in [2.75, 3.05) is 49.7 Å². The first-order valence-electron chi connectivity index (χ1n) is 6.65. The molecule has 1 fully saturated rings. The highest BCUT2D eigenvalue weighted by molar-refractivity contribution is 6.17. The summed E-state index contributed by atoms with van der Waals surface area (Å²) in [6.45, 7) is 3.52. The normalized spacial score (nSPS) is 18.6. The molecule has 6 nitrogen and oxygen atoms in total. The lowest BCUT2D eigenvalue weighted by Crippen LogP contribution is -2.37. The summed E-state index contributed by atoms with van der Waals surface area (Å²) >= 11 is 0. The van der Waals surface area contributed by atoms with E-state index in [2.05, 4.69) is 9.88 Å². The van der Waals surface area contributed by atoms with Crippen LogP contribution in [0.2, 0.25) is 0 Å². The third-order valence-electron chi connectivity index (χ3n) is 3.66. The van der Waals surface area contributed by atoms with Gasteiger partial charge in [0, 0.05) is 26.7 Å². The highest BCUT2D eigenvalue weighted by Gasteiger charge is 2.24. The number of nitrogens with zero attached hydrogens (tertiary/aromatic N) is 3. The first-order chi connectivity index (χ1) is 9.66. The van der Waals surface area contributed by atoms with Crippen LogP contribution < -0.4 is 9.80 Å². The van der Waals surface area contributed by atoms with Crippen molar-refractivity contribution in [2.45, 2.75) is 0 Å². The quantitative estimate of drug-likeness (QED) is 0.862. The molecule has 1 aromatic rings. The maximum atomic E-state index is 11.4. The van der Waals surface area contributed by atoms with Gasteiger partial charge in [-0.25, -0.2) is 9.78 Å². The van der Waals surface area contributed by atoms with Gasteiger partial charge in [0.1, 0.15) is 11.5 Å². The number of hydrogen-bond acceptors (Lipinski definition) is 5. The molecule has 6 heteroatoms. The molecule has 2 aliphatic heterocycles. The van der Waals surface area contributed by atoms with Gasteiger partial charge in [-0.2, -0.15) is 0 Å². The molecular formula is C14H17N3O3. The molecule has 1 N–H and O–H groups in total. The standard InChI is InChI=1S/C14H17N3O3/c1-16-5-4-10(14(18)19)13-11(16)2-3-12(15-13)17-6-8-20-9-7-17/h2-4H,5-9H2,1H3,(H,18,19). The molecule has 0 aliphatic carbocycles. The minimum absolute atomic E-state index is 0.285. The van der Waals surface area contributed by atoms with E-state index in [-0.39, 0.29) is 5.57 Å². The Morgan fingerprint density at radius 3 is 2.80 bits per heavy atom. The van der Waals surface area contributed by atoms with E-state index in [1.807, 2.05) is 24.1 Å². The fraction of sp³-hybridized carbons (Fsp3) is 0.429. The van der Waals surface area contributed by atoms with E-state index >= 15 is 0 Å². The van der Waals surface area contributed by atoms with Crippen LogP contribution in [0.1, 0.15) is 5.69 Å². The van der Waals surface area contributed by atoms with Gasteiger partial charge in [0.05, 0.1) is 24.5 Å². The molecule has 0 bridgehead atoms. The Hall–Kier alpha value is -2.08. The first-order valence-corrected chi connectivity index (χ1v) is 6.65. The fourth-order valence-electron chi connectivity index (χ4n) is 2.53. The molecule has 0 unspecified atom stereocenters. The number of ether oxygens (including phenoxy) is 1. The van der Waals surface area contributed by atoms with E-state index < -0.39 is 5.97 Å². The number of pyridine rings is 1. The second-order valence-corrected chi connectivity index (χ2v) is 4.94. The van der Waals surface area contributed by atoms with Gasteiger partial charge in [-0.3, -0.25) is 0 Å². The molecule has 2 aliphatic rings. The zero-order valence-electron chi connectivity index (χ0n) is 11.4. The van der Waals surface area contributed by atoms with E-state index in [0.717, 1.165) is 24.6 Å². The number of rotatable bonds is 2. The van der Waals surface area contributed by atoms with E-state index in [9.17, 15) is 9.90 Å². The SMILES string of the molecule is CN1CC=C(C(=O)O)c2nc(N3CCOCC3)ccc21. The summed E-state index contributed by atoms with van der Waals surface area (Å²) in [6, 6.07) is 3.90. The van der Waals surface area contributed by atoms with Gasteiger partial charge in [0.25, 0.3) is 0 Å². The van der Waals surface area contributed by atoms with Crippen LogP contribution in [-0.2, 0) is 9.53 Å². The second kappa shape index (κ2) is 5.13. The minimum atomic E-state index is -0.925. The van der Waals surface area contributed by atoms with E-state index in [1.54, 1.807) is 6.08 Å². The first kappa shape index (κ1) is 12.9. The molecule has 0 radical (unpaired) electrons. The van der Waals surface area contributed by atoms with E-state index in [4.69, 9.17) is 4.74 Å². The maximum absolute atomic E-state index is 11.4. The second-order valence-electron chi connectivity index (χ2n) is 4.94. The van der Waals surface area contributed by atoms with Crippen LogP contribution in [0.15, 0.2) is 18.2 Å². The summed E-state index contributed by atoms with van der Waals surface area (Å²) in [4.78, 5) is 20.0. The average Bonchev–Trinajstić information content (AvgIpc) is 2.48. The van der Waals surface area contributed by atoms with E-state index in [1.165, 1.54) is 0 Å². The Kier molecular flexibility index (Phi) is 3.31. The van der Waals surface area contributed by atoms with Crippen molar-refractivity contribution in [2.24, 2.45) is 0 Å². The maximum Gasteiger partial charge on any atom is 0.337 e. The van der Waals surface area contributed by atoms with E-state index in [0.29, 0.717) is 25.5 Å². The lowest BCUT2D eigenvalue weighted by molar-refractivity contribution is -0.130. The monoisotopic (exact) mass is 275 g/mol. The molecule has 3 heterocycles. The lowest BCUT2D eigenvalue weighted by atomic mass is 10.1. The molecule has 0 atom stereocenters. The number of carboxylic acid groups (broad SMARTS) is 1. The van der Waals surface area contributed by atoms with Crippen LogP contribution in [0.3, 0.4) is 0 Å². The van der Waals surface area contributed by atoms with Crippen LogP contribution in [0.4, 0.5) is 11.5 Å². The smallest absolute Gasteiger partial charge is 0.337 e. The van der Waals surface area contributed by atoms with Crippen molar-refractivity contribution < 1.29 is 14.6 Å². The van der Waals surface area contributed by atoms with Crippen molar-refractivity contribution >= 4 is 23.0 Å². The van der Waals surface area contributed by atoms with Gasteiger partial charge >= 0.3 is 5.97 Å². The zero-order chi connectivity index (χ0) is 14.1. The predicted octanol–water partition coefficient (Wildman–Crippen LogP) is 0.836. The summed E-state index contributed by atoms with van der Waals surface area (Å²) < 4.78 is 5.33. The third-order valence-corrected chi connectivity index (χ3v) is 3.66. The van der Waals surface area contributed by atoms with Crippen LogP contribution in [0, 0.1) is 0 Å². The fourth-order valence-corrected chi connectivity index (χ4v) is 2.53. The van der Waals surface area contributed by atoms with Gasteiger partial charge in [-0.05, 0) is 18.2 Å². The number of fused-ring (bicyclic) bond motifs is 1. The van der Waals surface area contributed by atoms with Crippen LogP contribution in [0.5, 0.6) is 0 Å². The van der Waals surface area contributed by atoms with Crippen molar-refractivity contribution in [3.8, 4) is 0 Å². The Morgan fingerprint density at radius 1 is 1.35 bits per heavy atom. The van der Waals surface area contributed by atoms with Gasteiger partial charge < -0.3 is 19.6 Å². The molecule has 0 amide bonds. The summed E-state index contributed by atoms with van der Waals surface area (Å²) in [5.41, 5.74) is 1.70. The largest absolute Gasteiger partial charge is 0.478 e. The lowest BCUT2D eigenvalue weighted by Gasteiger charge is -2.30. The number of hydrogen-bond donors (Lipinski definition) is 1. The molecule has 20 heavy (non-hydrogen) atoms. The van der Waals surface area contributed by atoms with Gasteiger partial charge in [0.2, 0.25) is 0 Å². The van der Waals surface area contributed by atoms with Crippen LogP contribution >= 0.6 is 0 Å².